The number of nitrogens with zero attached hydrogens (tertiary/aromatic N) is 2. The van der Waals surface area contributed by atoms with Crippen LogP contribution in [0.3, 0.4) is 0 Å². The monoisotopic (exact) mass is 348 g/mol. The highest BCUT2D eigenvalue weighted by atomic mass is 16.5. The molecule has 4 bridgehead atoms. The topological polar surface area (TPSA) is 68.2 Å². The van der Waals surface area contributed by atoms with Gasteiger partial charge >= 0.3 is 0 Å². The van der Waals surface area contributed by atoms with Crippen LogP contribution in [-0.2, 0) is 11.3 Å². The fraction of sp³-hybridized carbons (Fsp3) is 0.300. The number of ether oxygens (including phenoxy) is 1. The van der Waals surface area contributed by atoms with Gasteiger partial charge in [0.25, 0.3) is 0 Å². The molecule has 2 N–H and O–H groups in total. The van der Waals surface area contributed by atoms with Gasteiger partial charge in [-0.05, 0) is 23.8 Å². The van der Waals surface area contributed by atoms with Crippen LogP contribution in [0.5, 0.6) is 5.75 Å². The average Bonchev–Trinajstić information content (AvgIpc) is 3.28. The summed E-state index contributed by atoms with van der Waals surface area (Å²) in [6.45, 7) is 1.94. The van der Waals surface area contributed by atoms with Crippen LogP contribution in [0.4, 0.5) is 0 Å². The van der Waals surface area contributed by atoms with Gasteiger partial charge in [-0.15, -0.1) is 0 Å². The number of imidazole rings is 1. The minimum absolute atomic E-state index is 0.00487. The van der Waals surface area contributed by atoms with Crippen LogP contribution in [0.25, 0.3) is 22.2 Å². The Hall–Kier alpha value is -2.86. The van der Waals surface area contributed by atoms with E-state index in [1.807, 2.05) is 30.6 Å². The van der Waals surface area contributed by atoms with Crippen molar-refractivity contribution in [1.82, 2.24) is 20.2 Å². The predicted octanol–water partition coefficient (Wildman–Crippen LogP) is 1.94. The summed E-state index contributed by atoms with van der Waals surface area (Å²) in [7, 11) is 0. The lowest BCUT2D eigenvalue weighted by Gasteiger charge is -2.16. The van der Waals surface area contributed by atoms with Crippen molar-refractivity contribution in [3.63, 3.8) is 0 Å². The number of aromatic nitrogens is 2. The number of amides is 1. The zero-order chi connectivity index (χ0) is 17.5. The molecule has 2 aromatic carbocycles. The molecule has 2 aliphatic rings. The quantitative estimate of drug-likeness (QED) is 0.652. The van der Waals surface area contributed by atoms with E-state index in [1.165, 1.54) is 0 Å². The Labute approximate surface area is 151 Å². The first-order valence-electron chi connectivity index (χ1n) is 9.00. The third kappa shape index (κ3) is 2.63. The van der Waals surface area contributed by atoms with Gasteiger partial charge in [0.1, 0.15) is 11.9 Å². The Morgan fingerprint density at radius 1 is 1.19 bits per heavy atom. The second kappa shape index (κ2) is 6.14. The van der Waals surface area contributed by atoms with E-state index in [9.17, 15) is 4.79 Å². The first kappa shape index (κ1) is 15.4. The third-order valence-electron chi connectivity index (χ3n) is 5.14. The van der Waals surface area contributed by atoms with Crippen LogP contribution in [0, 0.1) is 0 Å². The van der Waals surface area contributed by atoms with Crippen LogP contribution < -0.4 is 15.4 Å². The second-order valence-electron chi connectivity index (χ2n) is 6.87. The maximum atomic E-state index is 12.4. The fourth-order valence-electron chi connectivity index (χ4n) is 3.87. The lowest BCUT2D eigenvalue weighted by molar-refractivity contribution is -0.122. The van der Waals surface area contributed by atoms with E-state index in [4.69, 9.17) is 4.74 Å². The van der Waals surface area contributed by atoms with Gasteiger partial charge in [-0.2, -0.15) is 0 Å². The molecule has 5 rings (SSSR count). The molecule has 2 atom stereocenters. The van der Waals surface area contributed by atoms with Crippen LogP contribution in [0.1, 0.15) is 6.42 Å². The Bertz CT molecular complexity index is 981. The van der Waals surface area contributed by atoms with Crippen molar-refractivity contribution in [3.8, 4) is 16.9 Å². The Morgan fingerprint density at radius 2 is 2.12 bits per heavy atom. The fourth-order valence-corrected chi connectivity index (χ4v) is 3.87. The lowest BCUT2D eigenvalue weighted by Crippen LogP contribution is -2.41. The van der Waals surface area contributed by atoms with Gasteiger partial charge in [0.2, 0.25) is 5.91 Å². The Balaban J connectivity index is 1.63. The molecule has 132 valence electrons. The number of benzene rings is 2. The molecule has 6 nitrogen and oxygen atoms in total. The number of carbonyl (C=O) groups excluding carboxylic acids is 1. The second-order valence-corrected chi connectivity index (χ2v) is 6.87. The lowest BCUT2D eigenvalue weighted by atomic mass is 10.0. The molecule has 0 unspecified atom stereocenters. The van der Waals surface area contributed by atoms with E-state index in [1.54, 1.807) is 0 Å². The maximum absolute atomic E-state index is 12.4. The largest absolute Gasteiger partial charge is 0.489 e. The summed E-state index contributed by atoms with van der Waals surface area (Å²) in [5.41, 5.74) is 4.26. The van der Waals surface area contributed by atoms with Crippen molar-refractivity contribution in [3.05, 3.63) is 48.8 Å². The summed E-state index contributed by atoms with van der Waals surface area (Å²) in [5, 5.41) is 6.29. The minimum atomic E-state index is -0.193. The Kier molecular flexibility index (Phi) is 3.64. The van der Waals surface area contributed by atoms with Gasteiger partial charge in [-0.1, -0.05) is 24.3 Å². The van der Waals surface area contributed by atoms with Crippen LogP contribution in [0.15, 0.2) is 48.8 Å². The van der Waals surface area contributed by atoms with Crippen LogP contribution >= 0.6 is 0 Å². The SMILES string of the molecule is O=C1NCCn2cnc3cccc(c32)-c2cccc(c2)O[C@@H]2CN[C@H]1C2. The van der Waals surface area contributed by atoms with Gasteiger partial charge in [0.05, 0.1) is 23.4 Å². The van der Waals surface area contributed by atoms with Crippen LogP contribution in [-0.4, -0.2) is 40.7 Å². The first-order valence-corrected chi connectivity index (χ1v) is 9.00. The summed E-state index contributed by atoms with van der Waals surface area (Å²) in [6, 6.07) is 14.1. The van der Waals surface area contributed by atoms with Crippen molar-refractivity contribution in [2.45, 2.75) is 25.1 Å². The molecule has 1 aromatic heterocycles. The Morgan fingerprint density at radius 3 is 3.08 bits per heavy atom. The molecule has 1 fully saturated rings. The summed E-state index contributed by atoms with van der Waals surface area (Å²) in [5.74, 6) is 0.863. The molecule has 0 radical (unpaired) electrons. The zero-order valence-electron chi connectivity index (χ0n) is 14.3. The molecule has 26 heavy (non-hydrogen) atoms. The summed E-state index contributed by atoms with van der Waals surface area (Å²) >= 11 is 0. The molecule has 0 saturated carbocycles. The van der Waals surface area contributed by atoms with Crippen molar-refractivity contribution in [1.29, 1.82) is 0 Å². The van der Waals surface area contributed by atoms with E-state index >= 15 is 0 Å². The normalized spacial score (nSPS) is 22.5. The highest BCUT2D eigenvalue weighted by Crippen LogP contribution is 2.31. The van der Waals surface area contributed by atoms with Crippen LogP contribution in [0.2, 0.25) is 0 Å². The summed E-state index contributed by atoms with van der Waals surface area (Å²) in [4.78, 5) is 16.9. The number of nitrogens with one attached hydrogen (secondary N) is 2. The minimum Gasteiger partial charge on any atom is -0.489 e. The number of fused-ring (bicyclic) bond motifs is 5. The number of para-hydroxylation sites is 1. The maximum Gasteiger partial charge on any atom is 0.237 e. The van der Waals surface area contributed by atoms with Gasteiger partial charge in [-0.25, -0.2) is 4.98 Å². The van der Waals surface area contributed by atoms with Gasteiger partial charge < -0.3 is 19.9 Å². The number of hydrogen-bond donors (Lipinski definition) is 2. The molecule has 0 aliphatic carbocycles. The molecule has 1 saturated heterocycles. The van der Waals surface area contributed by atoms with E-state index in [0.29, 0.717) is 26.1 Å². The van der Waals surface area contributed by atoms with E-state index < -0.39 is 0 Å². The van der Waals surface area contributed by atoms with Crippen molar-refractivity contribution >= 4 is 16.9 Å². The summed E-state index contributed by atoms with van der Waals surface area (Å²) < 4.78 is 8.25. The van der Waals surface area contributed by atoms with Crippen molar-refractivity contribution in [2.75, 3.05) is 13.1 Å². The number of carbonyl (C=O) groups is 1. The molecule has 6 heteroatoms. The standard InChI is InChI=1S/C20H20N4O2/c25-20-18-10-15(11-22-18)26-14-4-1-3-13(9-14)16-5-2-6-17-19(16)24(12-23-17)8-7-21-20/h1-6,9,12,15,18,22H,7-8,10-11H2,(H,21,25)/t15-,18-/m0/s1. The molecular weight excluding hydrogens is 328 g/mol. The summed E-state index contributed by atoms with van der Waals surface area (Å²) in [6.07, 6.45) is 2.53. The van der Waals surface area contributed by atoms with Crippen molar-refractivity contribution in [2.24, 2.45) is 0 Å². The molecule has 2 aliphatic heterocycles. The van der Waals surface area contributed by atoms with Crippen molar-refractivity contribution < 1.29 is 9.53 Å². The molecule has 0 spiro atoms. The average molecular weight is 348 g/mol. The molecule has 3 heterocycles. The van der Waals surface area contributed by atoms with E-state index in [2.05, 4.69) is 38.4 Å². The molecule has 3 aromatic rings. The highest BCUT2D eigenvalue weighted by molar-refractivity contribution is 5.92. The van der Waals surface area contributed by atoms with Gasteiger partial charge in [0, 0.05) is 31.6 Å². The zero-order valence-corrected chi connectivity index (χ0v) is 14.3. The molecular formula is C20H20N4O2. The number of hydrogen-bond acceptors (Lipinski definition) is 4. The van der Waals surface area contributed by atoms with E-state index in [0.717, 1.165) is 27.9 Å². The number of rotatable bonds is 0. The first-order chi connectivity index (χ1) is 12.8. The predicted molar refractivity (Wildman–Crippen MR) is 99.0 cm³/mol. The smallest absolute Gasteiger partial charge is 0.237 e. The van der Waals surface area contributed by atoms with Gasteiger partial charge in [0.15, 0.2) is 0 Å². The highest BCUT2D eigenvalue weighted by Gasteiger charge is 2.30. The molecule has 1 amide bonds. The van der Waals surface area contributed by atoms with E-state index in [-0.39, 0.29) is 18.1 Å². The van der Waals surface area contributed by atoms with Gasteiger partial charge in [-0.3, -0.25) is 4.79 Å². The third-order valence-corrected chi connectivity index (χ3v) is 5.14.